The number of nitrogens with zero attached hydrogens (tertiary/aromatic N) is 5. The Morgan fingerprint density at radius 2 is 1.80 bits per heavy atom. The van der Waals surface area contributed by atoms with Crippen molar-refractivity contribution < 1.29 is 37.1 Å². The van der Waals surface area contributed by atoms with E-state index in [0.717, 1.165) is 45.3 Å². The average molecular weight is 915 g/mol. The SMILES string of the molecule is Cc1ccc(Cc2csc(-c3cccc4c3nc(O[C@@H]3C[C@H]5C(=O)C[C@]6(C(=O)NS(=O)(=O)N(C)C)C[C@H]6/C=C\CCCCC[C@H](CC(=O)OC(C)(C)C)C(=O)N5C3)n4C(C)C)n2)cc1. The van der Waals surface area contributed by atoms with Crippen molar-refractivity contribution in [3.8, 4) is 16.6 Å². The van der Waals surface area contributed by atoms with Gasteiger partial charge in [0.15, 0.2) is 5.78 Å². The number of nitrogens with one attached hydrogen (secondary N) is 1. The highest BCUT2D eigenvalue weighted by Gasteiger charge is 2.61. The standard InChI is InChI=1S/C48H62N6O8S2/c1-30(2)54-38-18-14-17-37(43-49-35(29-63-43)23-32-21-19-31(3)20-22-32)42(38)50-46(54)61-36-25-39-40(55)27-48(45(58)51-64(59,60)52(7)8)26-34(48)16-13-11-9-10-12-15-33(44(57)53(39)28-36)24-41(56)62-47(4,5)6/h13-14,16-22,29-30,33-34,36,39H,9-12,15,23-28H2,1-8H3,(H,51,58)/b16-13-/t33-,34-,36-,39+,48-/m1/s1. The van der Waals surface area contributed by atoms with Gasteiger partial charge in [0.05, 0.1) is 35.6 Å². The molecule has 2 aromatic heterocycles. The largest absolute Gasteiger partial charge is 0.460 e. The van der Waals surface area contributed by atoms with E-state index in [2.05, 4.69) is 41.3 Å². The molecule has 2 aliphatic heterocycles. The fourth-order valence-electron chi connectivity index (χ4n) is 8.95. The molecule has 3 aliphatic rings. The summed E-state index contributed by atoms with van der Waals surface area (Å²) >= 11 is 1.56. The predicted octanol–water partition coefficient (Wildman–Crippen LogP) is 7.74. The lowest BCUT2D eigenvalue weighted by molar-refractivity contribution is -0.159. The van der Waals surface area contributed by atoms with Crippen LogP contribution in [0.5, 0.6) is 6.01 Å². The van der Waals surface area contributed by atoms with Gasteiger partial charge in [-0.2, -0.15) is 17.7 Å². The van der Waals surface area contributed by atoms with Crippen LogP contribution >= 0.6 is 11.3 Å². The summed E-state index contributed by atoms with van der Waals surface area (Å²) in [4.78, 5) is 68.4. The number of amides is 2. The first-order valence-electron chi connectivity index (χ1n) is 22.4. The van der Waals surface area contributed by atoms with Crippen molar-refractivity contribution in [3.63, 3.8) is 0 Å². The molecular formula is C48H62N6O8S2. The maximum absolute atomic E-state index is 14.8. The second kappa shape index (κ2) is 18.9. The summed E-state index contributed by atoms with van der Waals surface area (Å²) < 4.78 is 43.3. The van der Waals surface area contributed by atoms with Crippen LogP contribution in [0.4, 0.5) is 0 Å². The lowest BCUT2D eigenvalue weighted by atomic mass is 9.90. The number of allylic oxidation sites excluding steroid dienone is 2. The molecule has 1 saturated heterocycles. The Balaban J connectivity index is 1.21. The monoisotopic (exact) mass is 914 g/mol. The first kappa shape index (κ1) is 47.0. The summed E-state index contributed by atoms with van der Waals surface area (Å²) in [6.45, 7) is 11.5. The zero-order valence-electron chi connectivity index (χ0n) is 38.3. The first-order valence-corrected chi connectivity index (χ1v) is 24.7. The van der Waals surface area contributed by atoms with E-state index in [0.29, 0.717) is 37.2 Å². The molecule has 7 rings (SSSR count). The van der Waals surface area contributed by atoms with Gasteiger partial charge in [-0.1, -0.05) is 60.9 Å². The smallest absolute Gasteiger partial charge is 0.307 e. The maximum Gasteiger partial charge on any atom is 0.307 e. The molecule has 0 bridgehead atoms. The molecule has 14 nitrogen and oxygen atoms in total. The van der Waals surface area contributed by atoms with Gasteiger partial charge in [0.1, 0.15) is 22.2 Å². The van der Waals surface area contributed by atoms with E-state index in [1.54, 1.807) is 32.1 Å². The molecule has 1 N–H and O–H groups in total. The average Bonchev–Trinajstić information content (AvgIpc) is 3.53. The third-order valence-electron chi connectivity index (χ3n) is 12.4. The topological polar surface area (TPSA) is 170 Å². The number of aryl methyl sites for hydroxylation is 1. The molecule has 16 heteroatoms. The van der Waals surface area contributed by atoms with Crippen LogP contribution in [0.3, 0.4) is 0 Å². The number of imidazole rings is 1. The molecule has 5 atom stereocenters. The Hall–Kier alpha value is -4.93. The highest BCUT2D eigenvalue weighted by molar-refractivity contribution is 7.87. The number of fused-ring (bicyclic) bond motifs is 3. The molecule has 2 amide bonds. The van der Waals surface area contributed by atoms with E-state index in [1.165, 1.54) is 30.1 Å². The van der Waals surface area contributed by atoms with Crippen LogP contribution in [0.25, 0.3) is 21.6 Å². The van der Waals surface area contributed by atoms with E-state index < -0.39 is 51.2 Å². The lowest BCUT2D eigenvalue weighted by Gasteiger charge is -2.29. The molecule has 344 valence electrons. The molecule has 4 heterocycles. The molecule has 0 radical (unpaired) electrons. The second-order valence-corrected chi connectivity index (χ2v) is 21.9. The minimum absolute atomic E-state index is 0.0423. The first-order chi connectivity index (χ1) is 30.2. The molecule has 2 fully saturated rings. The quantitative estimate of drug-likeness (QED) is 0.116. The van der Waals surface area contributed by atoms with Crippen LogP contribution in [0.1, 0.15) is 115 Å². The number of esters is 1. The van der Waals surface area contributed by atoms with E-state index >= 15 is 0 Å². The van der Waals surface area contributed by atoms with Gasteiger partial charge < -0.3 is 14.4 Å². The molecule has 64 heavy (non-hydrogen) atoms. The van der Waals surface area contributed by atoms with Crippen LogP contribution in [0.15, 0.2) is 60.0 Å². The van der Waals surface area contributed by atoms with Gasteiger partial charge in [-0.25, -0.2) is 9.71 Å². The molecule has 0 unspecified atom stereocenters. The summed E-state index contributed by atoms with van der Waals surface area (Å²) in [5.74, 6) is -3.07. The maximum atomic E-state index is 14.8. The predicted molar refractivity (Wildman–Crippen MR) is 247 cm³/mol. The minimum atomic E-state index is -4.14. The number of aromatic nitrogens is 3. The van der Waals surface area contributed by atoms with Crippen LogP contribution in [-0.2, 0) is 40.5 Å². The number of carbonyl (C=O) groups excluding carboxylic acids is 4. The Kier molecular flexibility index (Phi) is 13.9. The molecule has 1 aliphatic carbocycles. The number of carbonyl (C=O) groups is 4. The summed E-state index contributed by atoms with van der Waals surface area (Å²) in [6.07, 6.45) is 7.38. The Bertz CT molecular complexity index is 2520. The van der Waals surface area contributed by atoms with E-state index in [4.69, 9.17) is 19.4 Å². The molecule has 0 spiro atoms. The highest BCUT2D eigenvalue weighted by atomic mass is 32.2. The van der Waals surface area contributed by atoms with Gasteiger partial charge in [0.2, 0.25) is 11.8 Å². The van der Waals surface area contributed by atoms with Crippen LogP contribution < -0.4 is 9.46 Å². The zero-order valence-corrected chi connectivity index (χ0v) is 39.9. The number of rotatable bonds is 11. The van der Waals surface area contributed by atoms with Crippen molar-refractivity contribution in [2.45, 2.75) is 130 Å². The van der Waals surface area contributed by atoms with Gasteiger partial charge in [-0.15, -0.1) is 11.3 Å². The van der Waals surface area contributed by atoms with Gasteiger partial charge >= 0.3 is 16.2 Å². The number of benzene rings is 2. The highest BCUT2D eigenvalue weighted by Crippen LogP contribution is 2.57. The zero-order chi connectivity index (χ0) is 46.1. The second-order valence-electron chi connectivity index (χ2n) is 19.2. The van der Waals surface area contributed by atoms with Crippen molar-refractivity contribution in [2.24, 2.45) is 17.3 Å². The summed E-state index contributed by atoms with van der Waals surface area (Å²) in [6, 6.07) is 13.7. The molecule has 1 saturated carbocycles. The summed E-state index contributed by atoms with van der Waals surface area (Å²) in [5, 5.41) is 2.90. The van der Waals surface area contributed by atoms with Crippen molar-refractivity contribution in [1.29, 1.82) is 0 Å². The van der Waals surface area contributed by atoms with Gasteiger partial charge in [0, 0.05) is 56.3 Å². The van der Waals surface area contributed by atoms with Crippen LogP contribution in [0.2, 0.25) is 0 Å². The molecule has 2 aromatic carbocycles. The lowest BCUT2D eigenvalue weighted by Crippen LogP contribution is -2.47. The van der Waals surface area contributed by atoms with Crippen LogP contribution in [-0.4, -0.2) is 94.1 Å². The Morgan fingerprint density at radius 1 is 1.05 bits per heavy atom. The third kappa shape index (κ3) is 10.6. The number of hydrogen-bond acceptors (Lipinski definition) is 11. The van der Waals surface area contributed by atoms with Crippen molar-refractivity contribution in [1.82, 2.24) is 28.5 Å². The van der Waals surface area contributed by atoms with Crippen molar-refractivity contribution >= 4 is 56.1 Å². The number of Topliss-reactive ketones (excluding diaryl/α,β-unsaturated/α-hetero) is 1. The van der Waals surface area contributed by atoms with Crippen LogP contribution in [0, 0.1) is 24.2 Å². The van der Waals surface area contributed by atoms with E-state index in [1.807, 2.05) is 48.8 Å². The molecular weight excluding hydrogens is 853 g/mol. The Labute approximate surface area is 381 Å². The Morgan fingerprint density at radius 3 is 2.50 bits per heavy atom. The number of ether oxygens (including phenoxy) is 2. The van der Waals surface area contributed by atoms with Gasteiger partial charge in [-0.05, 0) is 90.8 Å². The number of para-hydroxylation sites is 1. The fourth-order valence-corrected chi connectivity index (χ4v) is 10.4. The minimum Gasteiger partial charge on any atom is -0.460 e. The van der Waals surface area contributed by atoms with E-state index in [-0.39, 0.29) is 49.5 Å². The van der Waals surface area contributed by atoms with Crippen molar-refractivity contribution in [3.05, 3.63) is 76.8 Å². The number of thiazole rings is 1. The number of ketones is 1. The number of hydrogen-bond donors (Lipinski definition) is 1. The van der Waals surface area contributed by atoms with Crippen molar-refractivity contribution in [2.75, 3.05) is 20.6 Å². The van der Waals surface area contributed by atoms with Gasteiger partial charge in [0.25, 0.3) is 6.01 Å². The normalized spacial score (nSPS) is 23.9. The van der Waals surface area contributed by atoms with Gasteiger partial charge in [-0.3, -0.25) is 23.7 Å². The summed E-state index contributed by atoms with van der Waals surface area (Å²) in [5.41, 5.74) is 3.71. The molecule has 4 aromatic rings. The third-order valence-corrected chi connectivity index (χ3v) is 14.8. The fraction of sp³-hybridized carbons (Fsp3) is 0.542. The van der Waals surface area contributed by atoms with E-state index in [9.17, 15) is 27.6 Å². The summed E-state index contributed by atoms with van der Waals surface area (Å²) in [7, 11) is -1.49.